The molecule has 0 bridgehead atoms. The van der Waals surface area contributed by atoms with Gasteiger partial charge in [-0.15, -0.1) is 0 Å². The summed E-state index contributed by atoms with van der Waals surface area (Å²) >= 11 is 3.47. The van der Waals surface area contributed by atoms with Gasteiger partial charge < -0.3 is 5.73 Å². The van der Waals surface area contributed by atoms with Crippen molar-refractivity contribution in [3.8, 4) is 6.07 Å². The number of hydrogen-bond donors (Lipinski definition) is 2. The Morgan fingerprint density at radius 1 is 1.41 bits per heavy atom. The highest BCUT2D eigenvalue weighted by Crippen LogP contribution is 2.36. The van der Waals surface area contributed by atoms with Crippen molar-refractivity contribution in [2.75, 3.05) is 0 Å². The van der Waals surface area contributed by atoms with E-state index < -0.39 is 0 Å². The third-order valence-electron chi connectivity index (χ3n) is 2.28. The number of hydrogen-bond acceptors (Lipinski definition) is 4. The Morgan fingerprint density at radius 3 is 2.71 bits per heavy atom. The number of nitrogens with one attached hydrogen (secondary N) is 1. The molecule has 0 fully saturated rings. The molecular weight excluding hydrogens is 345 g/mol. The van der Waals surface area contributed by atoms with E-state index in [1.54, 1.807) is 0 Å². The smallest absolute Gasteiger partial charge is 0.112 e. The molecular formula is C12H8IN3S. The van der Waals surface area contributed by atoms with Gasteiger partial charge in [0.05, 0.1) is 5.70 Å². The summed E-state index contributed by atoms with van der Waals surface area (Å²) in [5.74, 6) is 0. The largest absolute Gasteiger partial charge is 0.397 e. The highest BCUT2D eigenvalue weighted by molar-refractivity contribution is 14.1. The van der Waals surface area contributed by atoms with E-state index in [4.69, 9.17) is 16.4 Å². The lowest BCUT2D eigenvalue weighted by molar-refractivity contribution is 1.38. The first-order valence-electron chi connectivity index (χ1n) is 4.76. The number of nitriles is 1. The first-order chi connectivity index (χ1) is 8.13. The molecule has 0 amide bonds. The average Bonchev–Trinajstić information content (AvgIpc) is 2.57. The summed E-state index contributed by atoms with van der Waals surface area (Å²) in [4.78, 5) is 0.774. The number of nitrogens with zero attached hydrogens (tertiary/aromatic N) is 1. The maximum Gasteiger partial charge on any atom is 0.112 e. The molecule has 0 aliphatic carbocycles. The van der Waals surface area contributed by atoms with Crippen molar-refractivity contribution in [3.05, 3.63) is 49.6 Å². The number of halogens is 1. The highest BCUT2D eigenvalue weighted by Gasteiger charge is 2.23. The Labute approximate surface area is 117 Å². The molecule has 3 N–H and O–H groups in total. The van der Waals surface area contributed by atoms with Gasteiger partial charge in [-0.25, -0.2) is 0 Å². The van der Waals surface area contributed by atoms with Gasteiger partial charge >= 0.3 is 0 Å². The van der Waals surface area contributed by atoms with Crippen LogP contribution in [0.25, 0.3) is 6.08 Å². The summed E-state index contributed by atoms with van der Waals surface area (Å²) in [6, 6.07) is 9.86. The van der Waals surface area contributed by atoms with Crippen LogP contribution >= 0.6 is 34.4 Å². The van der Waals surface area contributed by atoms with E-state index in [9.17, 15) is 0 Å². The van der Waals surface area contributed by atoms with Gasteiger partial charge in [-0.2, -0.15) is 5.26 Å². The van der Waals surface area contributed by atoms with Gasteiger partial charge in [0.1, 0.15) is 16.7 Å². The minimum absolute atomic E-state index is 0.224. The fraction of sp³-hybridized carbons (Fsp3) is 0. The lowest BCUT2D eigenvalue weighted by Crippen LogP contribution is -1.99. The van der Waals surface area contributed by atoms with Gasteiger partial charge in [-0.05, 0) is 40.3 Å². The van der Waals surface area contributed by atoms with Crippen LogP contribution in [0.4, 0.5) is 0 Å². The van der Waals surface area contributed by atoms with Crippen LogP contribution in [-0.2, 0) is 0 Å². The predicted molar refractivity (Wildman–Crippen MR) is 79.3 cm³/mol. The minimum atomic E-state index is 0.224. The molecule has 2 rings (SSSR count). The van der Waals surface area contributed by atoms with Gasteiger partial charge in [0.2, 0.25) is 0 Å². The van der Waals surface area contributed by atoms with Gasteiger partial charge in [0.15, 0.2) is 0 Å². The van der Waals surface area contributed by atoms with E-state index >= 15 is 0 Å². The summed E-state index contributed by atoms with van der Waals surface area (Å²) in [6.07, 6.45) is 1.92. The highest BCUT2D eigenvalue weighted by atomic mass is 127. The topological polar surface area (TPSA) is 73.7 Å². The molecule has 0 saturated heterocycles. The van der Waals surface area contributed by atoms with Crippen LogP contribution in [0.2, 0.25) is 0 Å². The number of benzene rings is 1. The number of rotatable bonds is 1. The van der Waals surface area contributed by atoms with E-state index in [1.165, 1.54) is 11.8 Å². The van der Waals surface area contributed by atoms with E-state index in [1.807, 2.05) is 36.4 Å². The first kappa shape index (κ1) is 12.2. The zero-order chi connectivity index (χ0) is 12.4. The minimum Gasteiger partial charge on any atom is -0.397 e. The molecule has 0 saturated carbocycles. The molecule has 1 heterocycles. The Morgan fingerprint density at radius 2 is 2.12 bits per heavy atom. The van der Waals surface area contributed by atoms with E-state index in [0.717, 1.165) is 14.0 Å². The van der Waals surface area contributed by atoms with Crippen molar-refractivity contribution in [2.45, 2.75) is 0 Å². The van der Waals surface area contributed by atoms with Gasteiger partial charge in [-0.3, -0.25) is 5.41 Å². The van der Waals surface area contributed by atoms with E-state index in [2.05, 4.69) is 22.6 Å². The molecule has 0 atom stereocenters. The van der Waals surface area contributed by atoms with Crippen LogP contribution in [0.15, 0.2) is 40.4 Å². The monoisotopic (exact) mass is 353 g/mol. The molecule has 0 radical (unpaired) electrons. The van der Waals surface area contributed by atoms with Crippen LogP contribution in [0.5, 0.6) is 0 Å². The standard InChI is InChI=1S/C12H8IN3S/c13-9-4-2-1-3-7(9)5-10-11(15)8(6-14)12(16)17-10/h1-5,16H,15H2. The summed E-state index contributed by atoms with van der Waals surface area (Å²) in [5, 5.41) is 16.7. The number of thioether (sulfide) groups is 1. The zero-order valence-corrected chi connectivity index (χ0v) is 11.7. The number of nitrogens with two attached hydrogens (primary N) is 1. The Balaban J connectivity index is 2.45. The Kier molecular flexibility index (Phi) is 3.54. The van der Waals surface area contributed by atoms with E-state index in [0.29, 0.717) is 5.70 Å². The molecule has 1 aliphatic rings. The van der Waals surface area contributed by atoms with Crippen molar-refractivity contribution in [1.82, 2.24) is 0 Å². The first-order valence-corrected chi connectivity index (χ1v) is 6.66. The molecule has 3 nitrogen and oxygen atoms in total. The summed E-state index contributed by atoms with van der Waals surface area (Å²) in [6.45, 7) is 0. The average molecular weight is 353 g/mol. The van der Waals surface area contributed by atoms with Crippen molar-refractivity contribution >= 4 is 45.5 Å². The van der Waals surface area contributed by atoms with Crippen LogP contribution in [0, 0.1) is 20.3 Å². The summed E-state index contributed by atoms with van der Waals surface area (Å²) < 4.78 is 1.11. The third-order valence-corrected chi connectivity index (χ3v) is 4.23. The third kappa shape index (κ3) is 2.37. The zero-order valence-electron chi connectivity index (χ0n) is 8.70. The second-order valence-electron chi connectivity index (χ2n) is 3.36. The summed E-state index contributed by atoms with van der Waals surface area (Å²) in [5.41, 5.74) is 7.57. The molecule has 0 aromatic heterocycles. The second kappa shape index (κ2) is 4.94. The SMILES string of the molecule is N#CC1=C(N)C(=Cc2ccccc2I)SC1=N. The normalized spacial score (nSPS) is 17.6. The molecule has 0 spiro atoms. The van der Waals surface area contributed by atoms with Gasteiger partial charge in [0, 0.05) is 8.48 Å². The van der Waals surface area contributed by atoms with Crippen molar-refractivity contribution in [1.29, 1.82) is 10.7 Å². The van der Waals surface area contributed by atoms with Crippen molar-refractivity contribution in [2.24, 2.45) is 5.73 Å². The van der Waals surface area contributed by atoms with Crippen LogP contribution in [-0.4, -0.2) is 5.04 Å². The van der Waals surface area contributed by atoms with E-state index in [-0.39, 0.29) is 10.6 Å². The van der Waals surface area contributed by atoms with Crippen LogP contribution in [0.3, 0.4) is 0 Å². The molecule has 1 aromatic rings. The molecule has 1 aliphatic heterocycles. The fourth-order valence-corrected chi connectivity index (χ4v) is 2.83. The second-order valence-corrected chi connectivity index (χ2v) is 5.58. The fourth-order valence-electron chi connectivity index (χ4n) is 1.41. The molecule has 17 heavy (non-hydrogen) atoms. The Hall–Kier alpha value is -1.26. The lowest BCUT2D eigenvalue weighted by atomic mass is 10.1. The molecule has 0 unspecified atom stereocenters. The van der Waals surface area contributed by atoms with Crippen LogP contribution in [0.1, 0.15) is 5.56 Å². The van der Waals surface area contributed by atoms with Crippen molar-refractivity contribution < 1.29 is 0 Å². The molecule has 84 valence electrons. The lowest BCUT2D eigenvalue weighted by Gasteiger charge is -2.01. The Bertz CT molecular complexity index is 596. The summed E-state index contributed by atoms with van der Waals surface area (Å²) in [7, 11) is 0. The maximum absolute atomic E-state index is 8.87. The molecule has 5 heteroatoms. The maximum atomic E-state index is 8.87. The molecule has 1 aromatic carbocycles. The van der Waals surface area contributed by atoms with Gasteiger partial charge in [0.25, 0.3) is 0 Å². The predicted octanol–water partition coefficient (Wildman–Crippen LogP) is 3.09. The van der Waals surface area contributed by atoms with Crippen LogP contribution < -0.4 is 5.73 Å². The van der Waals surface area contributed by atoms with Gasteiger partial charge in [-0.1, -0.05) is 30.0 Å². The van der Waals surface area contributed by atoms with Crippen molar-refractivity contribution in [3.63, 3.8) is 0 Å². The quantitative estimate of drug-likeness (QED) is 0.762.